The molecule has 13 heavy (non-hydrogen) atoms. The first kappa shape index (κ1) is 12.5. The van der Waals surface area contributed by atoms with Crippen molar-refractivity contribution in [2.75, 3.05) is 0 Å². The number of rotatable bonds is 8. The smallest absolute Gasteiger partial charge is 0.306 e. The average Bonchev–Trinajstić information content (AvgIpc) is 2.10. The topological polar surface area (TPSA) is 37.3 Å². The van der Waals surface area contributed by atoms with Gasteiger partial charge in [0.25, 0.3) is 0 Å². The Morgan fingerprint density at radius 1 is 1.31 bits per heavy atom. The van der Waals surface area contributed by atoms with E-state index in [4.69, 9.17) is 5.11 Å². The predicted octanol–water partition coefficient (Wildman–Crippen LogP) is 3.27. The fourth-order valence-electron chi connectivity index (χ4n) is 1.37. The van der Waals surface area contributed by atoms with Crippen molar-refractivity contribution < 1.29 is 9.90 Å². The Labute approximate surface area is 81.3 Å². The summed E-state index contributed by atoms with van der Waals surface area (Å²) in [4.78, 5) is 10.7. The fraction of sp³-hybridized carbons (Fsp3) is 0.818. The van der Waals surface area contributed by atoms with E-state index < -0.39 is 5.97 Å². The van der Waals surface area contributed by atoms with Gasteiger partial charge < -0.3 is 5.11 Å². The molecule has 77 valence electrons. The summed E-state index contributed by atoms with van der Waals surface area (Å²) < 4.78 is 0. The van der Waals surface area contributed by atoms with E-state index in [-0.39, 0.29) is 5.92 Å². The highest BCUT2D eigenvalue weighted by molar-refractivity contribution is 5.71. The number of hydrogen-bond donors (Lipinski definition) is 1. The molecule has 0 amide bonds. The molecule has 1 atom stereocenters. The van der Waals surface area contributed by atoms with Gasteiger partial charge in [0.2, 0.25) is 0 Å². The number of carboxylic acid groups (broad SMARTS) is 1. The van der Waals surface area contributed by atoms with Gasteiger partial charge in [-0.15, -0.1) is 0 Å². The number of carboxylic acids is 1. The summed E-state index contributed by atoms with van der Waals surface area (Å²) in [6.45, 7) is 4.18. The van der Waals surface area contributed by atoms with Crippen LogP contribution in [0.15, 0.2) is 0 Å². The van der Waals surface area contributed by atoms with E-state index in [1.807, 2.05) is 13.3 Å². The van der Waals surface area contributed by atoms with E-state index in [2.05, 4.69) is 6.92 Å². The molecular weight excluding hydrogens is 164 g/mol. The lowest BCUT2D eigenvalue weighted by molar-refractivity contribution is -0.140. The van der Waals surface area contributed by atoms with Gasteiger partial charge in [-0.1, -0.05) is 39.5 Å². The highest BCUT2D eigenvalue weighted by Gasteiger charge is 2.15. The van der Waals surface area contributed by atoms with Crippen LogP contribution in [0.4, 0.5) is 0 Å². The largest absolute Gasteiger partial charge is 0.481 e. The van der Waals surface area contributed by atoms with Crippen LogP contribution >= 0.6 is 0 Å². The zero-order chi connectivity index (χ0) is 10.1. The first-order chi connectivity index (χ1) is 6.22. The van der Waals surface area contributed by atoms with E-state index in [0.717, 1.165) is 25.7 Å². The lowest BCUT2D eigenvalue weighted by Crippen LogP contribution is -2.13. The summed E-state index contributed by atoms with van der Waals surface area (Å²) in [5, 5.41) is 8.83. The number of aliphatic carboxylic acids is 1. The third kappa shape index (κ3) is 6.62. The highest BCUT2D eigenvalue weighted by atomic mass is 16.4. The normalized spacial score (nSPS) is 12.8. The lowest BCUT2D eigenvalue weighted by Gasteiger charge is -2.09. The maximum absolute atomic E-state index is 10.7. The molecule has 0 aliphatic carbocycles. The first-order valence-corrected chi connectivity index (χ1v) is 5.28. The molecule has 0 aromatic heterocycles. The SMILES string of the molecule is CCCCC[CH]C(CCC)C(=O)O. The summed E-state index contributed by atoms with van der Waals surface area (Å²) in [6, 6.07) is 0. The molecule has 1 N–H and O–H groups in total. The third-order valence-corrected chi connectivity index (χ3v) is 2.18. The van der Waals surface area contributed by atoms with Gasteiger partial charge in [-0.25, -0.2) is 0 Å². The third-order valence-electron chi connectivity index (χ3n) is 2.18. The van der Waals surface area contributed by atoms with E-state index >= 15 is 0 Å². The molecule has 0 spiro atoms. The molecule has 0 aromatic rings. The summed E-state index contributed by atoms with van der Waals surface area (Å²) >= 11 is 0. The van der Waals surface area contributed by atoms with Gasteiger partial charge in [0.05, 0.1) is 5.92 Å². The molecule has 1 unspecified atom stereocenters. The van der Waals surface area contributed by atoms with Gasteiger partial charge in [-0.3, -0.25) is 4.79 Å². The summed E-state index contributed by atoms with van der Waals surface area (Å²) in [5.41, 5.74) is 0. The lowest BCUT2D eigenvalue weighted by atomic mass is 9.96. The Kier molecular flexibility index (Phi) is 7.76. The molecule has 0 bridgehead atoms. The van der Waals surface area contributed by atoms with E-state index in [9.17, 15) is 4.79 Å². The van der Waals surface area contributed by atoms with Crippen molar-refractivity contribution >= 4 is 5.97 Å². The number of hydrogen-bond acceptors (Lipinski definition) is 1. The maximum atomic E-state index is 10.7. The zero-order valence-corrected chi connectivity index (χ0v) is 8.75. The second-order valence-electron chi connectivity index (χ2n) is 3.46. The minimum Gasteiger partial charge on any atom is -0.481 e. The molecule has 2 heteroatoms. The van der Waals surface area contributed by atoms with Crippen LogP contribution in [0.3, 0.4) is 0 Å². The van der Waals surface area contributed by atoms with Gasteiger partial charge in [-0.2, -0.15) is 0 Å². The van der Waals surface area contributed by atoms with Crippen LogP contribution < -0.4 is 0 Å². The van der Waals surface area contributed by atoms with Crippen LogP contribution in [0, 0.1) is 12.3 Å². The van der Waals surface area contributed by atoms with Crippen molar-refractivity contribution in [3.05, 3.63) is 6.42 Å². The van der Waals surface area contributed by atoms with Gasteiger partial charge in [-0.05, 0) is 19.3 Å². The van der Waals surface area contributed by atoms with Crippen LogP contribution in [-0.4, -0.2) is 11.1 Å². The highest BCUT2D eigenvalue weighted by Crippen LogP contribution is 2.15. The molecular formula is C11H21O2. The summed E-state index contributed by atoms with van der Waals surface area (Å²) in [5.74, 6) is -0.889. The van der Waals surface area contributed by atoms with Crippen LogP contribution in [0.1, 0.15) is 52.4 Å². The zero-order valence-electron chi connectivity index (χ0n) is 8.75. The first-order valence-electron chi connectivity index (χ1n) is 5.28. The van der Waals surface area contributed by atoms with E-state index in [1.54, 1.807) is 0 Å². The average molecular weight is 185 g/mol. The molecule has 0 aliphatic heterocycles. The van der Waals surface area contributed by atoms with Crippen LogP contribution in [0.25, 0.3) is 0 Å². The van der Waals surface area contributed by atoms with Crippen LogP contribution in [-0.2, 0) is 4.79 Å². The Bertz CT molecular complexity index is 132. The molecule has 0 aliphatic rings. The monoisotopic (exact) mass is 185 g/mol. The quantitative estimate of drug-likeness (QED) is 0.589. The second-order valence-corrected chi connectivity index (χ2v) is 3.46. The van der Waals surface area contributed by atoms with E-state index in [0.29, 0.717) is 0 Å². The van der Waals surface area contributed by atoms with Crippen LogP contribution in [0.5, 0.6) is 0 Å². The van der Waals surface area contributed by atoms with E-state index in [1.165, 1.54) is 12.8 Å². The molecule has 0 rings (SSSR count). The van der Waals surface area contributed by atoms with Gasteiger partial charge >= 0.3 is 5.97 Å². The van der Waals surface area contributed by atoms with Gasteiger partial charge in [0, 0.05) is 0 Å². The Hall–Kier alpha value is -0.530. The molecule has 2 nitrogen and oxygen atoms in total. The molecule has 1 radical (unpaired) electrons. The standard InChI is InChI=1S/C11H21O2/c1-3-5-6-7-9-10(8-4-2)11(12)13/h9-10H,3-8H2,1-2H3,(H,12,13). The molecule has 0 saturated carbocycles. The fourth-order valence-corrected chi connectivity index (χ4v) is 1.37. The Balaban J connectivity index is 3.51. The van der Waals surface area contributed by atoms with Gasteiger partial charge in [0.1, 0.15) is 0 Å². The van der Waals surface area contributed by atoms with Gasteiger partial charge in [0.15, 0.2) is 0 Å². The van der Waals surface area contributed by atoms with Crippen molar-refractivity contribution in [3.63, 3.8) is 0 Å². The van der Waals surface area contributed by atoms with Crippen LogP contribution in [0.2, 0.25) is 0 Å². The molecule has 0 heterocycles. The molecule has 0 fully saturated rings. The maximum Gasteiger partial charge on any atom is 0.306 e. The molecule has 0 aromatic carbocycles. The van der Waals surface area contributed by atoms with Crippen molar-refractivity contribution in [2.24, 2.45) is 5.92 Å². The van der Waals surface area contributed by atoms with Crippen molar-refractivity contribution in [1.82, 2.24) is 0 Å². The van der Waals surface area contributed by atoms with Crippen molar-refractivity contribution in [2.45, 2.75) is 52.4 Å². The summed E-state index contributed by atoms with van der Waals surface area (Å²) in [6.07, 6.45) is 8.16. The number of unbranched alkanes of at least 4 members (excludes halogenated alkanes) is 3. The minimum absolute atomic E-state index is 0.221. The molecule has 0 saturated heterocycles. The van der Waals surface area contributed by atoms with Crippen molar-refractivity contribution in [1.29, 1.82) is 0 Å². The van der Waals surface area contributed by atoms with Crippen molar-refractivity contribution in [3.8, 4) is 0 Å². The minimum atomic E-state index is -0.668. The Morgan fingerprint density at radius 2 is 2.00 bits per heavy atom. The predicted molar refractivity (Wildman–Crippen MR) is 54.5 cm³/mol. The Morgan fingerprint density at radius 3 is 2.46 bits per heavy atom. The summed E-state index contributed by atoms with van der Waals surface area (Å²) in [7, 11) is 0. The second kappa shape index (κ2) is 8.09. The number of carbonyl (C=O) groups is 1.